The molecule has 1 nitrogen and oxygen atoms in total. The van der Waals surface area contributed by atoms with Crippen molar-refractivity contribution in [3.05, 3.63) is 34.4 Å². The van der Waals surface area contributed by atoms with Crippen molar-refractivity contribution in [3.8, 4) is 0 Å². The Balaban J connectivity index is 3.46. The van der Waals surface area contributed by atoms with Crippen molar-refractivity contribution < 1.29 is 4.79 Å². The van der Waals surface area contributed by atoms with Crippen LogP contribution in [0.25, 0.3) is 0 Å². The van der Waals surface area contributed by atoms with Crippen molar-refractivity contribution >= 4 is 21.6 Å². The van der Waals surface area contributed by atoms with Crippen molar-refractivity contribution in [2.75, 3.05) is 12.3 Å². The molecule has 1 aliphatic rings. The van der Waals surface area contributed by atoms with Crippen LogP contribution in [0.4, 0.5) is 0 Å². The van der Waals surface area contributed by atoms with Crippen LogP contribution in [0.2, 0.25) is 0 Å². The van der Waals surface area contributed by atoms with Gasteiger partial charge in [0, 0.05) is 11.1 Å². The Hall–Kier alpha value is -0.250. The molecule has 0 bridgehead atoms. The van der Waals surface area contributed by atoms with E-state index in [2.05, 4.69) is 89.7 Å². The van der Waals surface area contributed by atoms with E-state index in [1.165, 1.54) is 11.1 Å². The quantitative estimate of drug-likeness (QED) is 0.391. The van der Waals surface area contributed by atoms with E-state index in [1.807, 2.05) is 13.8 Å². The maximum absolute atomic E-state index is 13.3. The van der Waals surface area contributed by atoms with Crippen LogP contribution in [-0.2, 0) is 4.79 Å². The van der Waals surface area contributed by atoms with Gasteiger partial charge in [0.2, 0.25) is 0 Å². The molecular formula is C27H48OP2. The highest BCUT2D eigenvalue weighted by Crippen LogP contribution is 2.63. The molecule has 0 saturated heterocycles. The molecule has 0 unspecified atom stereocenters. The van der Waals surface area contributed by atoms with Gasteiger partial charge in [-0.3, -0.25) is 4.79 Å². The topological polar surface area (TPSA) is 17.1 Å². The minimum absolute atomic E-state index is 0.226. The van der Waals surface area contributed by atoms with E-state index >= 15 is 0 Å². The first-order valence-electron chi connectivity index (χ1n) is 11.3. The molecule has 0 aromatic rings. The predicted octanol–water partition coefficient (Wildman–Crippen LogP) is 8.92. The molecule has 0 aliphatic heterocycles. The van der Waals surface area contributed by atoms with Crippen LogP contribution in [0.5, 0.6) is 0 Å². The zero-order valence-corrected chi connectivity index (χ0v) is 24.2. The Bertz CT molecular complexity index is 663. The Labute approximate surface area is 190 Å². The molecule has 30 heavy (non-hydrogen) atoms. The van der Waals surface area contributed by atoms with E-state index < -0.39 is 0 Å². The summed E-state index contributed by atoms with van der Waals surface area (Å²) in [5, 5.41) is 0.905. The van der Waals surface area contributed by atoms with Crippen LogP contribution in [0.1, 0.15) is 96.9 Å². The molecule has 0 fully saturated rings. The number of hydrogen-bond acceptors (Lipinski definition) is 1. The van der Waals surface area contributed by atoms with Gasteiger partial charge in [-0.15, -0.1) is 0 Å². The maximum atomic E-state index is 13.3. The lowest BCUT2D eigenvalue weighted by molar-refractivity contribution is -0.112. The average molecular weight is 451 g/mol. The summed E-state index contributed by atoms with van der Waals surface area (Å²) in [6.07, 6.45) is 1.97. The molecule has 172 valence electrons. The van der Waals surface area contributed by atoms with Gasteiger partial charge in [0.05, 0.1) is 0 Å². The van der Waals surface area contributed by atoms with Gasteiger partial charge in [-0.25, -0.2) is 0 Å². The lowest BCUT2D eigenvalue weighted by Crippen LogP contribution is -2.30. The van der Waals surface area contributed by atoms with Gasteiger partial charge in [0.15, 0.2) is 5.78 Å². The number of carbonyl (C=O) groups is 1. The number of carbonyl (C=O) groups excluding carboxylic acids is 1. The highest BCUT2D eigenvalue weighted by atomic mass is 31.1. The van der Waals surface area contributed by atoms with E-state index in [-0.39, 0.29) is 42.3 Å². The van der Waals surface area contributed by atoms with Crippen LogP contribution in [0.3, 0.4) is 0 Å². The molecule has 0 amide bonds. The molecule has 1 rings (SSSR count). The molecule has 0 atom stereocenters. The lowest BCUT2D eigenvalue weighted by atomic mass is 9.84. The second kappa shape index (κ2) is 8.94. The first-order chi connectivity index (χ1) is 13.1. The molecule has 1 aliphatic carbocycles. The van der Waals surface area contributed by atoms with Crippen LogP contribution >= 0.6 is 15.8 Å². The zero-order valence-electron chi connectivity index (χ0n) is 22.4. The fourth-order valence-electron chi connectivity index (χ4n) is 4.90. The van der Waals surface area contributed by atoms with Crippen LogP contribution in [0.15, 0.2) is 34.4 Å². The summed E-state index contributed by atoms with van der Waals surface area (Å²) < 4.78 is 0. The van der Waals surface area contributed by atoms with E-state index in [4.69, 9.17) is 0 Å². The van der Waals surface area contributed by atoms with Crippen LogP contribution in [0, 0.1) is 0 Å². The number of rotatable bonds is 4. The lowest BCUT2D eigenvalue weighted by Gasteiger charge is -2.45. The Morgan fingerprint density at radius 1 is 0.600 bits per heavy atom. The normalized spacial score (nSPS) is 17.7. The summed E-state index contributed by atoms with van der Waals surface area (Å²) in [5.74, 6) is 0.239. The van der Waals surface area contributed by atoms with Gasteiger partial charge in [0.1, 0.15) is 0 Å². The summed E-state index contributed by atoms with van der Waals surface area (Å²) >= 11 is 0. The minimum atomic E-state index is -0.325. The van der Waals surface area contributed by atoms with Crippen molar-refractivity contribution in [1.82, 2.24) is 0 Å². The molecule has 0 heterocycles. The Morgan fingerprint density at radius 2 is 0.833 bits per heavy atom. The predicted molar refractivity (Wildman–Crippen MR) is 142 cm³/mol. The molecular weight excluding hydrogens is 402 g/mol. The van der Waals surface area contributed by atoms with Crippen molar-refractivity contribution in [2.45, 2.75) is 118 Å². The van der Waals surface area contributed by atoms with Gasteiger partial charge >= 0.3 is 0 Å². The second-order valence-corrected chi connectivity index (χ2v) is 20.6. The van der Waals surface area contributed by atoms with Gasteiger partial charge in [-0.05, 0) is 63.5 Å². The smallest absolute Gasteiger partial charge is 0.185 e. The third-order valence-corrected chi connectivity index (χ3v) is 13.9. The number of hydrogen-bond donors (Lipinski definition) is 0. The molecule has 3 heteroatoms. The summed E-state index contributed by atoms with van der Waals surface area (Å²) in [5.41, 5.74) is 5.46. The van der Waals surface area contributed by atoms with Gasteiger partial charge in [-0.1, -0.05) is 106 Å². The average Bonchev–Trinajstić information content (AvgIpc) is 2.47. The monoisotopic (exact) mass is 450 g/mol. The molecule has 0 radical (unpaired) electrons. The third kappa shape index (κ3) is 6.39. The van der Waals surface area contributed by atoms with Crippen LogP contribution in [-0.4, -0.2) is 38.7 Å². The summed E-state index contributed by atoms with van der Waals surface area (Å²) in [7, 11) is -0.650. The summed E-state index contributed by atoms with van der Waals surface area (Å²) in [4.78, 5) is 13.3. The fourth-order valence-corrected chi connectivity index (χ4v) is 12.3. The van der Waals surface area contributed by atoms with E-state index in [0.29, 0.717) is 0 Å². The van der Waals surface area contributed by atoms with Gasteiger partial charge < -0.3 is 0 Å². The van der Waals surface area contributed by atoms with Crippen molar-refractivity contribution in [2.24, 2.45) is 0 Å². The molecule has 0 spiro atoms. The van der Waals surface area contributed by atoms with E-state index in [1.54, 1.807) is 0 Å². The van der Waals surface area contributed by atoms with Crippen molar-refractivity contribution in [3.63, 3.8) is 0 Å². The van der Waals surface area contributed by atoms with Gasteiger partial charge in [0.25, 0.3) is 0 Å². The molecule has 0 aromatic carbocycles. The number of Topliss-reactive ketones (excluding diaryl/α,β-unsaturated/α-hetero) is 1. The zero-order chi connectivity index (χ0) is 24.0. The largest absolute Gasteiger partial charge is 0.289 e. The molecule has 0 N–H and O–H groups in total. The van der Waals surface area contributed by atoms with Crippen LogP contribution < -0.4 is 0 Å². The third-order valence-electron chi connectivity index (χ3n) is 6.19. The maximum Gasteiger partial charge on any atom is 0.185 e. The standard InChI is InChI=1S/C27H48OP2/c1-18-21(16-29(24(4,5)6)25(7,8)9)19(2)23(28)20(3)22(18)17-30(26(10,11)12)27(13,14)15/h1,16-17H2,2-15H3. The summed E-state index contributed by atoms with van der Waals surface area (Å²) in [6.45, 7) is 36.9. The Kier molecular flexibility index (Phi) is 8.28. The number of ketones is 1. The first kappa shape index (κ1) is 27.8. The fraction of sp³-hybridized carbons (Fsp3) is 0.741. The minimum Gasteiger partial charge on any atom is -0.289 e. The number of allylic oxidation sites excluding steroid dienone is 5. The Morgan fingerprint density at radius 3 is 1.03 bits per heavy atom. The SMILES string of the molecule is C=C1C(CP(C(C)(C)C)C(C)(C)C)=C(C)C(=O)C(C)=C1CP(C(C)(C)C)C(C)(C)C. The molecule has 0 aromatic heterocycles. The van der Waals surface area contributed by atoms with E-state index in [9.17, 15) is 4.79 Å². The highest BCUT2D eigenvalue weighted by Gasteiger charge is 2.40. The van der Waals surface area contributed by atoms with E-state index in [0.717, 1.165) is 29.0 Å². The first-order valence-corrected chi connectivity index (χ1v) is 14.3. The molecule has 0 saturated carbocycles. The summed E-state index contributed by atoms with van der Waals surface area (Å²) in [6, 6.07) is 0. The highest BCUT2D eigenvalue weighted by molar-refractivity contribution is 7.61. The second-order valence-electron chi connectivity index (χ2n) is 12.9. The van der Waals surface area contributed by atoms with Crippen molar-refractivity contribution in [1.29, 1.82) is 0 Å². The van der Waals surface area contributed by atoms with Gasteiger partial charge in [-0.2, -0.15) is 0 Å².